The number of amides is 2. The molecule has 2 fully saturated rings. The van der Waals surface area contributed by atoms with Crippen LogP contribution in [-0.2, 0) is 0 Å². The standard InChI is InChI=1S/C23H27F2N5O4/c1-28-6-8-29(9-7-28)22(31)21-26-12-17(13-27-21)16-10-18(24)20(19(25)11-16)34-14-15-2-4-30(5-3-15)23(32)33/h10-13,15H,2-9,14H2,1H3,(H,32,33). The van der Waals surface area contributed by atoms with Gasteiger partial charge in [0.1, 0.15) is 0 Å². The highest BCUT2D eigenvalue weighted by atomic mass is 19.1. The zero-order chi connectivity index (χ0) is 24.2. The summed E-state index contributed by atoms with van der Waals surface area (Å²) in [5.74, 6) is -2.37. The Bertz CT molecular complexity index is 1010. The van der Waals surface area contributed by atoms with Crippen LogP contribution in [0.25, 0.3) is 11.1 Å². The third-order valence-corrected chi connectivity index (χ3v) is 6.31. The van der Waals surface area contributed by atoms with Gasteiger partial charge in [-0.25, -0.2) is 23.5 Å². The number of benzene rings is 1. The van der Waals surface area contributed by atoms with Gasteiger partial charge in [-0.3, -0.25) is 4.79 Å². The van der Waals surface area contributed by atoms with Gasteiger partial charge in [0.2, 0.25) is 5.82 Å². The SMILES string of the molecule is CN1CCN(C(=O)c2ncc(-c3cc(F)c(OCC4CCN(C(=O)O)CC4)c(F)c3)cn2)CC1. The predicted molar refractivity (Wildman–Crippen MR) is 119 cm³/mol. The number of rotatable bonds is 5. The van der Waals surface area contributed by atoms with Crippen LogP contribution >= 0.6 is 0 Å². The van der Waals surface area contributed by atoms with Crippen molar-refractivity contribution in [3.05, 3.63) is 42.0 Å². The van der Waals surface area contributed by atoms with Crippen LogP contribution in [0, 0.1) is 17.6 Å². The average Bonchev–Trinajstić information content (AvgIpc) is 2.84. The van der Waals surface area contributed by atoms with Crippen molar-refractivity contribution in [3.8, 4) is 16.9 Å². The molecule has 0 atom stereocenters. The molecule has 0 unspecified atom stereocenters. The molecule has 1 aromatic carbocycles. The summed E-state index contributed by atoms with van der Waals surface area (Å²) >= 11 is 0. The largest absolute Gasteiger partial charge is 0.487 e. The molecule has 3 heterocycles. The number of aromatic nitrogens is 2. The maximum Gasteiger partial charge on any atom is 0.407 e. The van der Waals surface area contributed by atoms with E-state index in [0.717, 1.165) is 25.2 Å². The van der Waals surface area contributed by atoms with Crippen LogP contribution in [-0.4, -0.2) is 94.7 Å². The molecular formula is C23H27F2N5O4. The maximum atomic E-state index is 14.6. The van der Waals surface area contributed by atoms with Gasteiger partial charge in [-0.1, -0.05) is 0 Å². The molecule has 0 radical (unpaired) electrons. The van der Waals surface area contributed by atoms with Crippen molar-refractivity contribution in [1.29, 1.82) is 0 Å². The molecule has 34 heavy (non-hydrogen) atoms. The number of hydrogen-bond acceptors (Lipinski definition) is 6. The Kier molecular flexibility index (Phi) is 7.20. The quantitative estimate of drug-likeness (QED) is 0.710. The van der Waals surface area contributed by atoms with Crippen molar-refractivity contribution in [2.45, 2.75) is 12.8 Å². The first-order valence-corrected chi connectivity index (χ1v) is 11.2. The first-order valence-electron chi connectivity index (χ1n) is 11.2. The predicted octanol–water partition coefficient (Wildman–Crippen LogP) is 2.58. The summed E-state index contributed by atoms with van der Waals surface area (Å²) < 4.78 is 34.7. The average molecular weight is 475 g/mol. The fourth-order valence-electron chi connectivity index (χ4n) is 4.10. The highest BCUT2D eigenvalue weighted by molar-refractivity contribution is 5.90. The third kappa shape index (κ3) is 5.41. The Morgan fingerprint density at radius 1 is 0.971 bits per heavy atom. The zero-order valence-corrected chi connectivity index (χ0v) is 18.9. The zero-order valence-electron chi connectivity index (χ0n) is 18.9. The Labute approximate surface area is 196 Å². The van der Waals surface area contributed by atoms with Crippen LogP contribution in [0.5, 0.6) is 5.75 Å². The van der Waals surface area contributed by atoms with E-state index in [2.05, 4.69) is 14.9 Å². The molecule has 182 valence electrons. The second kappa shape index (κ2) is 10.3. The van der Waals surface area contributed by atoms with Crippen LogP contribution in [0.4, 0.5) is 13.6 Å². The number of piperazine rings is 1. The van der Waals surface area contributed by atoms with Crippen molar-refractivity contribution in [2.24, 2.45) is 5.92 Å². The van der Waals surface area contributed by atoms with E-state index in [9.17, 15) is 18.4 Å². The lowest BCUT2D eigenvalue weighted by atomic mass is 9.98. The second-order valence-corrected chi connectivity index (χ2v) is 8.68. The number of carbonyl (C=O) groups excluding carboxylic acids is 1. The van der Waals surface area contributed by atoms with E-state index in [1.54, 1.807) is 4.90 Å². The molecule has 0 saturated carbocycles. The number of piperidine rings is 1. The lowest BCUT2D eigenvalue weighted by Crippen LogP contribution is -2.47. The molecule has 4 rings (SSSR count). The van der Waals surface area contributed by atoms with Crippen molar-refractivity contribution < 1.29 is 28.2 Å². The van der Waals surface area contributed by atoms with Gasteiger partial charge in [-0.2, -0.15) is 0 Å². The van der Waals surface area contributed by atoms with E-state index in [1.165, 1.54) is 17.3 Å². The normalized spacial score (nSPS) is 17.6. The number of likely N-dealkylation sites (tertiary alicyclic amines) is 1. The molecule has 0 aliphatic carbocycles. The highest BCUT2D eigenvalue weighted by Gasteiger charge is 2.25. The van der Waals surface area contributed by atoms with E-state index in [-0.39, 0.29) is 29.8 Å². The van der Waals surface area contributed by atoms with Crippen LogP contribution in [0.15, 0.2) is 24.5 Å². The molecule has 9 nitrogen and oxygen atoms in total. The molecule has 2 amide bonds. The number of ether oxygens (including phenoxy) is 1. The van der Waals surface area contributed by atoms with Crippen molar-refractivity contribution in [1.82, 2.24) is 24.7 Å². The number of halogens is 2. The summed E-state index contributed by atoms with van der Waals surface area (Å²) in [6.07, 6.45) is 2.93. The maximum absolute atomic E-state index is 14.6. The summed E-state index contributed by atoms with van der Waals surface area (Å²) in [6.45, 7) is 3.60. The Hall–Kier alpha value is -3.34. The fourth-order valence-corrected chi connectivity index (χ4v) is 4.10. The third-order valence-electron chi connectivity index (χ3n) is 6.31. The monoisotopic (exact) mass is 475 g/mol. The number of nitrogens with zero attached hydrogens (tertiary/aromatic N) is 5. The Morgan fingerprint density at radius 2 is 1.56 bits per heavy atom. The molecule has 2 aliphatic heterocycles. The lowest BCUT2D eigenvalue weighted by molar-refractivity contribution is 0.0651. The summed E-state index contributed by atoms with van der Waals surface area (Å²) in [5.41, 5.74) is 0.607. The molecule has 0 bridgehead atoms. The van der Waals surface area contributed by atoms with E-state index >= 15 is 0 Å². The van der Waals surface area contributed by atoms with Gasteiger partial charge in [0.15, 0.2) is 17.4 Å². The van der Waals surface area contributed by atoms with Crippen molar-refractivity contribution >= 4 is 12.0 Å². The number of carboxylic acid groups (broad SMARTS) is 1. The summed E-state index contributed by atoms with van der Waals surface area (Å²) in [5, 5.41) is 9.00. The molecule has 11 heteroatoms. The smallest absolute Gasteiger partial charge is 0.407 e. The Balaban J connectivity index is 1.38. The summed E-state index contributed by atoms with van der Waals surface area (Å²) in [6, 6.07) is 2.29. The van der Waals surface area contributed by atoms with E-state index in [1.807, 2.05) is 7.05 Å². The van der Waals surface area contributed by atoms with Gasteiger partial charge >= 0.3 is 6.09 Å². The number of likely N-dealkylation sites (N-methyl/N-ethyl adjacent to an activating group) is 1. The number of hydrogen-bond donors (Lipinski definition) is 1. The van der Waals surface area contributed by atoms with Gasteiger partial charge in [-0.15, -0.1) is 0 Å². The summed E-state index contributed by atoms with van der Waals surface area (Å²) in [4.78, 5) is 36.9. The first-order chi connectivity index (χ1) is 16.3. The van der Waals surface area contributed by atoms with E-state index < -0.39 is 23.5 Å². The highest BCUT2D eigenvalue weighted by Crippen LogP contribution is 2.29. The summed E-state index contributed by atoms with van der Waals surface area (Å²) in [7, 11) is 1.99. The van der Waals surface area contributed by atoms with Gasteiger partial charge in [0, 0.05) is 57.2 Å². The minimum Gasteiger partial charge on any atom is -0.487 e. The van der Waals surface area contributed by atoms with Gasteiger partial charge in [0.05, 0.1) is 6.61 Å². The van der Waals surface area contributed by atoms with E-state index in [0.29, 0.717) is 44.6 Å². The van der Waals surface area contributed by atoms with Gasteiger partial charge < -0.3 is 24.5 Å². The molecule has 2 saturated heterocycles. The minimum atomic E-state index is -0.965. The lowest BCUT2D eigenvalue weighted by Gasteiger charge is -2.31. The van der Waals surface area contributed by atoms with Crippen LogP contribution in [0.1, 0.15) is 23.5 Å². The topological polar surface area (TPSA) is 99.1 Å². The fraction of sp³-hybridized carbons (Fsp3) is 0.478. The van der Waals surface area contributed by atoms with Gasteiger partial charge in [0.25, 0.3) is 5.91 Å². The van der Waals surface area contributed by atoms with Crippen molar-refractivity contribution in [3.63, 3.8) is 0 Å². The second-order valence-electron chi connectivity index (χ2n) is 8.68. The van der Waals surface area contributed by atoms with Crippen LogP contribution in [0.2, 0.25) is 0 Å². The van der Waals surface area contributed by atoms with Crippen molar-refractivity contribution in [2.75, 3.05) is 52.9 Å². The first kappa shape index (κ1) is 23.8. The molecule has 2 aromatic rings. The number of carbonyl (C=O) groups is 2. The minimum absolute atomic E-state index is 0.0212. The van der Waals surface area contributed by atoms with Crippen LogP contribution < -0.4 is 4.74 Å². The Morgan fingerprint density at radius 3 is 2.12 bits per heavy atom. The molecular weight excluding hydrogens is 448 g/mol. The van der Waals surface area contributed by atoms with Gasteiger partial charge in [-0.05, 0) is 43.5 Å². The molecule has 2 aliphatic rings. The molecule has 1 N–H and O–H groups in total. The van der Waals surface area contributed by atoms with Crippen LogP contribution in [0.3, 0.4) is 0 Å². The molecule has 0 spiro atoms. The van der Waals surface area contributed by atoms with E-state index in [4.69, 9.17) is 9.84 Å². The molecule has 1 aromatic heterocycles.